The van der Waals surface area contributed by atoms with Crippen molar-refractivity contribution in [2.75, 3.05) is 7.05 Å². The van der Waals surface area contributed by atoms with Gasteiger partial charge in [-0.3, -0.25) is 19.8 Å². The zero-order chi connectivity index (χ0) is 13.9. The Bertz CT molecular complexity index is 461. The van der Waals surface area contributed by atoms with E-state index in [9.17, 15) is 14.9 Å². The molecule has 0 aromatic heterocycles. The number of aliphatic carboxylic acids is 1. The van der Waals surface area contributed by atoms with Crippen molar-refractivity contribution in [3.05, 3.63) is 39.9 Å². The Morgan fingerprint density at radius 1 is 1.39 bits per heavy atom. The molecule has 0 aliphatic rings. The first-order chi connectivity index (χ1) is 8.36. The summed E-state index contributed by atoms with van der Waals surface area (Å²) >= 11 is 0. The van der Waals surface area contributed by atoms with Crippen molar-refractivity contribution in [1.82, 2.24) is 4.90 Å². The van der Waals surface area contributed by atoms with Gasteiger partial charge in [-0.1, -0.05) is 18.2 Å². The summed E-state index contributed by atoms with van der Waals surface area (Å²) in [7, 11) is 1.64. The molecule has 0 amide bonds. The largest absolute Gasteiger partial charge is 0.480 e. The van der Waals surface area contributed by atoms with Crippen molar-refractivity contribution in [3.8, 4) is 0 Å². The molecule has 0 fully saturated rings. The number of carboxylic acids is 1. The summed E-state index contributed by atoms with van der Waals surface area (Å²) in [6.45, 7) is 3.30. The van der Waals surface area contributed by atoms with E-state index in [4.69, 9.17) is 5.11 Å². The highest BCUT2D eigenvalue weighted by molar-refractivity contribution is 5.73. The van der Waals surface area contributed by atoms with Gasteiger partial charge in [0.25, 0.3) is 5.69 Å². The number of benzene rings is 1. The number of nitro groups is 1. The Labute approximate surface area is 105 Å². The maximum Gasteiger partial charge on any atom is 0.320 e. The summed E-state index contributed by atoms with van der Waals surface area (Å²) in [6, 6.07) is 5.31. The number of rotatable bonds is 5. The Kier molecular flexibility index (Phi) is 4.38. The summed E-state index contributed by atoms with van der Waals surface area (Å²) in [5.74, 6) is -0.956. The van der Waals surface area contributed by atoms with Crippen molar-refractivity contribution in [2.45, 2.75) is 25.9 Å². The van der Waals surface area contributed by atoms with E-state index in [1.165, 1.54) is 6.07 Å². The van der Waals surface area contributed by atoms with Crippen LogP contribution in [-0.2, 0) is 4.79 Å². The van der Waals surface area contributed by atoms with E-state index in [1.807, 2.05) is 0 Å². The van der Waals surface area contributed by atoms with Crippen LogP contribution in [0, 0.1) is 10.1 Å². The molecule has 2 unspecified atom stereocenters. The van der Waals surface area contributed by atoms with Crippen LogP contribution in [0.1, 0.15) is 25.5 Å². The first-order valence-electron chi connectivity index (χ1n) is 5.54. The number of para-hydroxylation sites is 1. The fourth-order valence-electron chi connectivity index (χ4n) is 1.74. The maximum atomic E-state index is 10.9. The van der Waals surface area contributed by atoms with Crippen molar-refractivity contribution < 1.29 is 14.8 Å². The van der Waals surface area contributed by atoms with Crippen LogP contribution in [0.25, 0.3) is 0 Å². The zero-order valence-corrected chi connectivity index (χ0v) is 10.5. The maximum absolute atomic E-state index is 10.9. The van der Waals surface area contributed by atoms with Crippen molar-refractivity contribution in [2.24, 2.45) is 0 Å². The summed E-state index contributed by atoms with van der Waals surface area (Å²) in [5, 5.41) is 19.9. The summed E-state index contributed by atoms with van der Waals surface area (Å²) in [6.07, 6.45) is 0. The molecule has 6 nitrogen and oxygen atoms in total. The molecule has 0 saturated heterocycles. The van der Waals surface area contributed by atoms with E-state index in [-0.39, 0.29) is 11.7 Å². The molecule has 0 bridgehead atoms. The number of hydrogen-bond acceptors (Lipinski definition) is 4. The summed E-state index contributed by atoms with van der Waals surface area (Å²) in [5.41, 5.74) is 0.521. The van der Waals surface area contributed by atoms with Crippen molar-refractivity contribution in [3.63, 3.8) is 0 Å². The Balaban J connectivity index is 3.07. The quantitative estimate of drug-likeness (QED) is 0.640. The van der Waals surface area contributed by atoms with Gasteiger partial charge in [0.15, 0.2) is 0 Å². The third-order valence-electron chi connectivity index (χ3n) is 3.16. The SMILES string of the molecule is CC(C(=O)O)N(C)C(C)c1ccccc1[N+](=O)[O-]. The van der Waals surface area contributed by atoms with Gasteiger partial charge in [0, 0.05) is 17.7 Å². The highest BCUT2D eigenvalue weighted by Gasteiger charge is 2.26. The molecular formula is C12H16N2O4. The molecule has 1 N–H and O–H groups in total. The fraction of sp³-hybridized carbons (Fsp3) is 0.417. The topological polar surface area (TPSA) is 83.7 Å². The molecule has 98 valence electrons. The van der Waals surface area contributed by atoms with Gasteiger partial charge in [-0.15, -0.1) is 0 Å². The highest BCUT2D eigenvalue weighted by Crippen LogP contribution is 2.28. The second kappa shape index (κ2) is 5.59. The smallest absolute Gasteiger partial charge is 0.320 e. The zero-order valence-electron chi connectivity index (χ0n) is 10.5. The minimum Gasteiger partial charge on any atom is -0.480 e. The number of carboxylic acid groups (broad SMARTS) is 1. The number of nitro benzene ring substituents is 1. The number of hydrogen-bond donors (Lipinski definition) is 1. The molecule has 0 aliphatic heterocycles. The third-order valence-corrected chi connectivity index (χ3v) is 3.16. The second-order valence-electron chi connectivity index (χ2n) is 4.17. The average molecular weight is 252 g/mol. The van der Waals surface area contributed by atoms with Gasteiger partial charge in [0.1, 0.15) is 6.04 Å². The molecule has 0 radical (unpaired) electrons. The molecule has 0 heterocycles. The molecule has 0 spiro atoms. The second-order valence-corrected chi connectivity index (χ2v) is 4.17. The van der Waals surface area contributed by atoms with Crippen LogP contribution in [0.5, 0.6) is 0 Å². The number of carbonyl (C=O) groups is 1. The third kappa shape index (κ3) is 2.84. The predicted octanol–water partition coefficient (Wildman–Crippen LogP) is 2.06. The number of likely N-dealkylation sites (N-methyl/N-ethyl adjacent to an activating group) is 1. The standard InChI is InChI=1S/C12H16N2O4/c1-8(13(3)9(2)12(15)16)10-6-4-5-7-11(10)14(17)18/h4-9H,1-3H3,(H,15,16). The fourth-order valence-corrected chi connectivity index (χ4v) is 1.74. The van der Waals surface area contributed by atoms with Gasteiger partial charge >= 0.3 is 5.97 Å². The van der Waals surface area contributed by atoms with Gasteiger partial charge in [0.05, 0.1) is 4.92 Å². The van der Waals surface area contributed by atoms with E-state index in [0.717, 1.165) is 0 Å². The predicted molar refractivity (Wildman–Crippen MR) is 66.4 cm³/mol. The Hall–Kier alpha value is -1.95. The van der Waals surface area contributed by atoms with Crippen LogP contribution >= 0.6 is 0 Å². The van der Waals surface area contributed by atoms with Crippen molar-refractivity contribution >= 4 is 11.7 Å². The lowest BCUT2D eigenvalue weighted by molar-refractivity contribution is -0.386. The van der Waals surface area contributed by atoms with Gasteiger partial charge in [-0.2, -0.15) is 0 Å². The summed E-state index contributed by atoms with van der Waals surface area (Å²) < 4.78 is 0. The van der Waals surface area contributed by atoms with Crippen LogP contribution in [0.2, 0.25) is 0 Å². The first kappa shape index (κ1) is 14.1. The Morgan fingerprint density at radius 2 is 1.94 bits per heavy atom. The molecule has 1 aromatic carbocycles. The molecule has 6 heteroatoms. The van der Waals surface area contributed by atoms with Crippen molar-refractivity contribution in [1.29, 1.82) is 0 Å². The lowest BCUT2D eigenvalue weighted by Gasteiger charge is -2.28. The van der Waals surface area contributed by atoms with Gasteiger partial charge in [0.2, 0.25) is 0 Å². The van der Waals surface area contributed by atoms with Crippen LogP contribution in [0.3, 0.4) is 0 Å². The lowest BCUT2D eigenvalue weighted by atomic mass is 10.0. The van der Waals surface area contributed by atoms with Gasteiger partial charge in [-0.05, 0) is 20.9 Å². The van der Waals surface area contributed by atoms with E-state index >= 15 is 0 Å². The van der Waals surface area contributed by atoms with Crippen LogP contribution in [-0.4, -0.2) is 34.0 Å². The van der Waals surface area contributed by atoms with Gasteiger partial charge in [-0.25, -0.2) is 0 Å². The van der Waals surface area contributed by atoms with Crippen LogP contribution in [0.4, 0.5) is 5.69 Å². The molecule has 0 saturated carbocycles. The van der Waals surface area contributed by atoms with Gasteiger partial charge < -0.3 is 5.11 Å². The monoisotopic (exact) mass is 252 g/mol. The lowest BCUT2D eigenvalue weighted by Crippen LogP contribution is -2.37. The highest BCUT2D eigenvalue weighted by atomic mass is 16.6. The first-order valence-corrected chi connectivity index (χ1v) is 5.54. The Morgan fingerprint density at radius 3 is 2.44 bits per heavy atom. The normalized spacial score (nSPS) is 14.2. The molecule has 18 heavy (non-hydrogen) atoms. The molecule has 1 rings (SSSR count). The van der Waals surface area contributed by atoms with E-state index in [2.05, 4.69) is 0 Å². The van der Waals surface area contributed by atoms with Crippen LogP contribution in [0.15, 0.2) is 24.3 Å². The van der Waals surface area contributed by atoms with E-state index in [0.29, 0.717) is 5.56 Å². The number of nitrogens with zero attached hydrogens (tertiary/aromatic N) is 2. The molecule has 2 atom stereocenters. The van der Waals surface area contributed by atoms with E-state index < -0.39 is 16.9 Å². The minimum atomic E-state index is -0.956. The molecule has 0 aliphatic carbocycles. The van der Waals surface area contributed by atoms with Crippen LogP contribution < -0.4 is 0 Å². The summed E-state index contributed by atoms with van der Waals surface area (Å²) in [4.78, 5) is 23.0. The van der Waals surface area contributed by atoms with E-state index in [1.54, 1.807) is 44.0 Å². The molecular weight excluding hydrogens is 236 g/mol. The minimum absolute atomic E-state index is 0.00874. The average Bonchev–Trinajstić information content (AvgIpc) is 2.35. The molecule has 1 aromatic rings.